The molecule has 1 saturated heterocycles. The molecule has 13 heavy (non-hydrogen) atoms. The molecule has 1 fully saturated rings. The average molecular weight is 274 g/mol. The summed E-state index contributed by atoms with van der Waals surface area (Å²) in [6.07, 6.45) is 0. The Morgan fingerprint density at radius 1 is 1.46 bits per heavy atom. The minimum atomic E-state index is -0.715. The van der Waals surface area contributed by atoms with Gasteiger partial charge in [-0.25, -0.2) is 0 Å². The molecule has 4 nitrogen and oxygen atoms in total. The van der Waals surface area contributed by atoms with Crippen LogP contribution in [0.3, 0.4) is 0 Å². The van der Waals surface area contributed by atoms with Crippen molar-refractivity contribution in [3.63, 3.8) is 0 Å². The molecule has 0 aromatic rings. The topological polar surface area (TPSA) is 54.5 Å². The van der Waals surface area contributed by atoms with Crippen molar-refractivity contribution in [2.75, 3.05) is 5.75 Å². The van der Waals surface area contributed by atoms with Gasteiger partial charge in [0.05, 0.1) is 11.9 Å². The summed E-state index contributed by atoms with van der Waals surface area (Å²) >= 11 is 0.935. The minimum absolute atomic E-state index is 0. The fourth-order valence-electron chi connectivity index (χ4n) is 0.934. The predicted molar refractivity (Wildman–Crippen MR) is 44.2 cm³/mol. The van der Waals surface area contributed by atoms with Crippen molar-refractivity contribution in [3.8, 4) is 0 Å². The van der Waals surface area contributed by atoms with Crippen molar-refractivity contribution in [3.05, 3.63) is 13.8 Å². The molecule has 1 heterocycles. The maximum atomic E-state index is 11.0. The Kier molecular flexibility index (Phi) is 5.03. The van der Waals surface area contributed by atoms with E-state index in [1.807, 2.05) is 0 Å². The summed E-state index contributed by atoms with van der Waals surface area (Å²) in [4.78, 5) is 33.4. The number of carbonyl (C=O) groups excluding carboxylic acids is 3. The predicted octanol–water partition coefficient (Wildman–Crippen LogP) is 0.285. The van der Waals surface area contributed by atoms with Crippen LogP contribution in [0.15, 0.2) is 0 Å². The van der Waals surface area contributed by atoms with Gasteiger partial charge in [-0.1, -0.05) is 11.8 Å². The van der Waals surface area contributed by atoms with Crippen LogP contribution in [0.2, 0.25) is 0 Å². The molecule has 69 valence electrons. The van der Waals surface area contributed by atoms with E-state index in [9.17, 15) is 14.4 Å². The largest absolute Gasteiger partial charge is 0.337 e. The van der Waals surface area contributed by atoms with E-state index in [1.54, 1.807) is 0 Å². The first-order chi connectivity index (χ1) is 5.54. The minimum Gasteiger partial charge on any atom is -0.337 e. The molecule has 0 aromatic heterocycles. The average Bonchev–Trinajstić information content (AvgIpc) is 2.30. The Labute approximate surface area is 106 Å². The van der Waals surface area contributed by atoms with E-state index < -0.39 is 23.0 Å². The molecule has 1 aliphatic heterocycles. The van der Waals surface area contributed by atoms with Crippen LogP contribution in [0.5, 0.6) is 0 Å². The zero-order valence-electron chi connectivity index (χ0n) is 6.86. The zero-order chi connectivity index (χ0) is 9.30. The summed E-state index contributed by atoms with van der Waals surface area (Å²) in [5.74, 6) is -0.778. The maximum Gasteiger partial charge on any atom is 0.286 e. The number of imide groups is 1. The Morgan fingerprint density at radius 2 is 2.00 bits per heavy atom. The van der Waals surface area contributed by atoms with E-state index in [2.05, 4.69) is 13.8 Å². The number of hydrogen-bond acceptors (Lipinski definition) is 4. The molecule has 0 bridgehead atoms. The summed E-state index contributed by atoms with van der Waals surface area (Å²) in [7, 11) is 0. The molecule has 1 rings (SSSR count). The van der Waals surface area contributed by atoms with Gasteiger partial charge >= 0.3 is 0 Å². The molecule has 1 aliphatic rings. The molecule has 0 spiro atoms. The number of nitrogens with zero attached hydrogens (tertiary/aromatic N) is 1. The first kappa shape index (κ1) is 13.0. The van der Waals surface area contributed by atoms with E-state index in [0.717, 1.165) is 16.7 Å². The number of amides is 2. The Bertz CT molecular complexity index is 256. The van der Waals surface area contributed by atoms with Crippen LogP contribution in [0.4, 0.5) is 4.79 Å². The van der Waals surface area contributed by atoms with Crippen LogP contribution in [-0.2, 0) is 42.3 Å². The molecule has 0 saturated carbocycles. The summed E-state index contributed by atoms with van der Waals surface area (Å²) in [6.45, 7) is 6.24. The summed E-state index contributed by atoms with van der Waals surface area (Å²) in [5.41, 5.74) is 0. The van der Waals surface area contributed by atoms with Gasteiger partial charge in [0.15, 0.2) is 0 Å². The van der Waals surface area contributed by atoms with Crippen molar-refractivity contribution in [2.24, 2.45) is 0 Å². The smallest absolute Gasteiger partial charge is 0.286 e. The first-order valence-electron chi connectivity index (χ1n) is 3.21. The third-order valence-electron chi connectivity index (χ3n) is 1.51. The Balaban J connectivity index is 0.00000144. The molecule has 1 radical (unpaired) electrons. The number of Topliss-reactive ketones (excluding diaryl/α,β-unsaturated/α-hetero) is 1. The molecule has 6 heteroatoms. The second-order valence-electron chi connectivity index (χ2n) is 2.32. The van der Waals surface area contributed by atoms with Crippen molar-refractivity contribution < 1.29 is 47.1 Å². The van der Waals surface area contributed by atoms with Crippen LogP contribution >= 0.6 is 11.8 Å². The van der Waals surface area contributed by atoms with Gasteiger partial charge in [0.1, 0.15) is 0 Å². The number of carbonyl (C=O) groups is 3. The summed E-state index contributed by atoms with van der Waals surface area (Å²) in [5, 5.41) is -0.419. The molecule has 1 atom stereocenters. The fourth-order valence-corrected chi connectivity index (χ4v) is 1.94. The SMILES string of the molecule is [CH2-]C(=O)C1CSC(=O)N1C([CH2-])=O.[Y]. The van der Waals surface area contributed by atoms with E-state index in [0.29, 0.717) is 5.75 Å². The van der Waals surface area contributed by atoms with Crippen LogP contribution in [-0.4, -0.2) is 33.6 Å². The maximum absolute atomic E-state index is 11.0. The third-order valence-corrected chi connectivity index (χ3v) is 2.44. The Morgan fingerprint density at radius 3 is 2.31 bits per heavy atom. The van der Waals surface area contributed by atoms with E-state index in [4.69, 9.17) is 0 Å². The quantitative estimate of drug-likeness (QED) is 0.645. The standard InChI is InChI=1S/C7H7NO3S.Y/c1-4(9)6-3-12-7(11)8(6)5(2)10;/h6H,1-3H2;/q-2;. The number of rotatable bonds is 1. The van der Waals surface area contributed by atoms with Crippen molar-refractivity contribution in [1.29, 1.82) is 0 Å². The van der Waals surface area contributed by atoms with E-state index in [1.165, 1.54) is 0 Å². The van der Waals surface area contributed by atoms with E-state index in [-0.39, 0.29) is 32.7 Å². The van der Waals surface area contributed by atoms with Crippen molar-refractivity contribution >= 4 is 28.7 Å². The van der Waals surface area contributed by atoms with Crippen molar-refractivity contribution in [1.82, 2.24) is 4.90 Å². The number of hydrogen-bond donors (Lipinski definition) is 0. The second kappa shape index (κ2) is 5.03. The normalized spacial score (nSPS) is 21.1. The second-order valence-corrected chi connectivity index (χ2v) is 3.29. The first-order valence-corrected chi connectivity index (χ1v) is 4.20. The van der Waals surface area contributed by atoms with Gasteiger partial charge in [0.2, 0.25) is 0 Å². The molecule has 1 unspecified atom stereocenters. The van der Waals surface area contributed by atoms with Gasteiger partial charge in [-0.15, -0.1) is 0 Å². The third kappa shape index (κ3) is 2.72. The van der Waals surface area contributed by atoms with Crippen LogP contribution in [0.25, 0.3) is 0 Å². The van der Waals surface area contributed by atoms with Gasteiger partial charge in [-0.05, 0) is 0 Å². The molecule has 2 amide bonds. The Hall–Kier alpha value is 0.00390. The molecule has 0 N–H and O–H groups in total. The zero-order valence-corrected chi connectivity index (χ0v) is 10.5. The summed E-state index contributed by atoms with van der Waals surface area (Å²) in [6, 6.07) is -0.715. The molecule has 0 aromatic carbocycles. The monoisotopic (exact) mass is 274 g/mol. The van der Waals surface area contributed by atoms with Crippen LogP contribution in [0.1, 0.15) is 0 Å². The van der Waals surface area contributed by atoms with Gasteiger partial charge < -0.3 is 23.4 Å². The van der Waals surface area contributed by atoms with E-state index >= 15 is 0 Å². The number of thioether (sulfide) groups is 1. The molecular formula is C7H7NO3SY-2. The molecular weight excluding hydrogens is 267 g/mol. The van der Waals surface area contributed by atoms with Gasteiger partial charge in [-0.2, -0.15) is 0 Å². The van der Waals surface area contributed by atoms with Gasteiger partial charge in [0.25, 0.3) is 5.24 Å². The summed E-state index contributed by atoms with van der Waals surface area (Å²) < 4.78 is 0. The van der Waals surface area contributed by atoms with Gasteiger partial charge in [0, 0.05) is 44.2 Å². The van der Waals surface area contributed by atoms with Crippen LogP contribution < -0.4 is 0 Å². The number of ketones is 1. The van der Waals surface area contributed by atoms with Crippen molar-refractivity contribution in [2.45, 2.75) is 6.04 Å². The van der Waals surface area contributed by atoms with Gasteiger partial charge in [-0.3, -0.25) is 9.69 Å². The molecule has 0 aliphatic carbocycles. The van der Waals surface area contributed by atoms with Crippen LogP contribution in [0, 0.1) is 13.8 Å². The fraction of sp³-hybridized carbons (Fsp3) is 0.286.